The average molecular weight is 515 g/mol. The lowest BCUT2D eigenvalue weighted by molar-refractivity contribution is -0.114. The van der Waals surface area contributed by atoms with Gasteiger partial charge < -0.3 is 25.9 Å². The number of phosphoric ester groups is 1. The van der Waals surface area contributed by atoms with Gasteiger partial charge in [-0.2, -0.15) is 0 Å². The second kappa shape index (κ2) is 21.7. The first-order valence-electron chi connectivity index (χ1n) is 12.8. The molecule has 35 heavy (non-hydrogen) atoms. The molecule has 0 heterocycles. The maximum absolute atomic E-state index is 10.6. The summed E-state index contributed by atoms with van der Waals surface area (Å²) in [5, 5.41) is 12.4. The van der Waals surface area contributed by atoms with Crippen molar-refractivity contribution in [1.82, 2.24) is 0 Å². The zero-order valence-corrected chi connectivity index (χ0v) is 22.4. The second-order valence-corrected chi connectivity index (χ2v) is 9.98. The van der Waals surface area contributed by atoms with Gasteiger partial charge in [0.15, 0.2) is 0 Å². The van der Waals surface area contributed by atoms with Crippen molar-refractivity contribution in [2.75, 3.05) is 11.9 Å². The van der Waals surface area contributed by atoms with E-state index in [1.165, 1.54) is 71.1 Å². The highest BCUT2D eigenvalue weighted by atomic mass is 31.2. The van der Waals surface area contributed by atoms with Gasteiger partial charge in [-0.1, -0.05) is 101 Å². The number of aliphatic hydroxyl groups is 1. The number of rotatable bonds is 18. The topological polar surface area (TPSA) is 142 Å². The van der Waals surface area contributed by atoms with E-state index in [1.807, 2.05) is 36.4 Å². The fraction of sp³-hybridized carbons (Fsp3) is 0.654. The third-order valence-electron chi connectivity index (χ3n) is 5.28. The minimum atomic E-state index is -4.53. The molecule has 0 radical (unpaired) electrons. The number of allylic oxidation sites excluding steroid dienone is 1. The summed E-state index contributed by atoms with van der Waals surface area (Å²) in [6.45, 7) is 3.35. The molecule has 0 fully saturated rings. The van der Waals surface area contributed by atoms with Crippen LogP contribution >= 0.6 is 7.82 Å². The molecular formula is C26H47N2O6P. The minimum Gasteiger partial charge on any atom is -0.387 e. The lowest BCUT2D eigenvalue weighted by Crippen LogP contribution is -2.37. The number of carbonyl (C=O) groups is 1. The standard InChI is InChI=1S/C18H38NO5P.C8H9NO/c1-2-3-4-5-6-7-8-9-10-11-12-13-14-15-18(20)17(19)16-24-25(21,22)23;1-7(10)9-8-5-3-2-4-6-8/h14-15,17-18,20H,2-13,16,19H2,1H3,(H2,21,22,23);2-6H,1H3,(H,9,10). The Hall–Kier alpha value is -1.54. The molecule has 0 spiro atoms. The van der Waals surface area contributed by atoms with Crippen LogP contribution in [0.2, 0.25) is 0 Å². The molecule has 1 aromatic rings. The van der Waals surface area contributed by atoms with Crippen molar-refractivity contribution >= 4 is 19.4 Å². The number of benzene rings is 1. The molecule has 8 nitrogen and oxygen atoms in total. The average Bonchev–Trinajstić information content (AvgIpc) is 2.80. The molecule has 2 unspecified atom stereocenters. The molecular weight excluding hydrogens is 467 g/mol. The zero-order chi connectivity index (χ0) is 26.4. The van der Waals surface area contributed by atoms with Gasteiger partial charge in [0.2, 0.25) is 5.91 Å². The molecule has 1 aromatic carbocycles. The van der Waals surface area contributed by atoms with Crippen LogP contribution in [0.5, 0.6) is 0 Å². The summed E-state index contributed by atoms with van der Waals surface area (Å²) in [5.74, 6) is -0.0359. The van der Waals surface area contributed by atoms with Crippen LogP contribution in [0.25, 0.3) is 0 Å². The van der Waals surface area contributed by atoms with Crippen LogP contribution in [0.1, 0.15) is 90.9 Å². The Bertz CT molecular complexity index is 711. The molecule has 0 aliphatic rings. The number of anilines is 1. The fourth-order valence-electron chi connectivity index (χ4n) is 3.31. The highest BCUT2D eigenvalue weighted by molar-refractivity contribution is 7.46. The summed E-state index contributed by atoms with van der Waals surface area (Å²) in [7, 11) is -4.53. The normalized spacial score (nSPS) is 13.2. The van der Waals surface area contributed by atoms with Gasteiger partial charge in [0.25, 0.3) is 0 Å². The van der Waals surface area contributed by atoms with Crippen molar-refractivity contribution in [3.05, 3.63) is 42.5 Å². The first-order chi connectivity index (χ1) is 16.7. The van der Waals surface area contributed by atoms with E-state index in [2.05, 4.69) is 16.8 Å². The summed E-state index contributed by atoms with van der Waals surface area (Å²) in [5.41, 5.74) is 6.44. The predicted octanol–water partition coefficient (Wildman–Crippen LogP) is 5.69. The molecule has 2 atom stereocenters. The molecule has 0 aliphatic heterocycles. The van der Waals surface area contributed by atoms with Gasteiger partial charge in [-0.3, -0.25) is 9.32 Å². The van der Waals surface area contributed by atoms with E-state index in [0.717, 1.165) is 18.5 Å². The predicted molar refractivity (Wildman–Crippen MR) is 143 cm³/mol. The van der Waals surface area contributed by atoms with E-state index in [1.54, 1.807) is 6.08 Å². The van der Waals surface area contributed by atoms with Gasteiger partial charge in [-0.15, -0.1) is 0 Å². The van der Waals surface area contributed by atoms with E-state index in [0.29, 0.717) is 0 Å². The molecule has 0 bridgehead atoms. The summed E-state index contributed by atoms with van der Waals surface area (Å²) >= 11 is 0. The van der Waals surface area contributed by atoms with Crippen molar-refractivity contribution in [1.29, 1.82) is 0 Å². The monoisotopic (exact) mass is 514 g/mol. The lowest BCUT2D eigenvalue weighted by atomic mass is 10.0. The number of para-hydroxylation sites is 1. The summed E-state index contributed by atoms with van der Waals surface area (Å²) in [6, 6.07) is 8.52. The third kappa shape index (κ3) is 24.0. The van der Waals surface area contributed by atoms with Crippen molar-refractivity contribution in [3.63, 3.8) is 0 Å². The number of unbranched alkanes of at least 4 members (excludes halogenated alkanes) is 11. The van der Waals surface area contributed by atoms with Gasteiger partial charge in [0, 0.05) is 12.6 Å². The Labute approximate surface area is 211 Å². The first-order valence-corrected chi connectivity index (χ1v) is 14.3. The first kappa shape index (κ1) is 33.5. The third-order valence-corrected chi connectivity index (χ3v) is 5.76. The van der Waals surface area contributed by atoms with E-state index in [9.17, 15) is 14.5 Å². The van der Waals surface area contributed by atoms with Crippen molar-refractivity contribution in [3.8, 4) is 0 Å². The molecule has 1 amide bonds. The van der Waals surface area contributed by atoms with E-state index in [-0.39, 0.29) is 12.5 Å². The van der Waals surface area contributed by atoms with Gasteiger partial charge in [0.05, 0.1) is 18.8 Å². The lowest BCUT2D eigenvalue weighted by Gasteiger charge is -2.15. The SMILES string of the molecule is CC(=O)Nc1ccccc1.CCCCCCCCCCCCCC=CC(O)C(N)COP(=O)(O)O. The van der Waals surface area contributed by atoms with Gasteiger partial charge in [-0.25, -0.2) is 4.57 Å². The quantitative estimate of drug-likeness (QED) is 0.0962. The number of amides is 1. The number of hydrogen-bond donors (Lipinski definition) is 5. The number of carbonyl (C=O) groups excluding carboxylic acids is 1. The number of nitrogens with one attached hydrogen (secondary N) is 1. The van der Waals surface area contributed by atoms with Crippen molar-refractivity contribution in [2.24, 2.45) is 5.73 Å². The number of hydrogen-bond acceptors (Lipinski definition) is 5. The molecule has 0 aromatic heterocycles. The van der Waals surface area contributed by atoms with E-state index >= 15 is 0 Å². The molecule has 202 valence electrons. The smallest absolute Gasteiger partial charge is 0.387 e. The fourth-order valence-corrected chi connectivity index (χ4v) is 3.68. The van der Waals surface area contributed by atoms with Crippen LogP contribution in [0, 0.1) is 0 Å². The summed E-state index contributed by atoms with van der Waals surface area (Å²) in [6.07, 6.45) is 17.6. The van der Waals surface area contributed by atoms with Gasteiger partial charge in [0.1, 0.15) is 0 Å². The molecule has 0 saturated carbocycles. The summed E-state index contributed by atoms with van der Waals surface area (Å²) in [4.78, 5) is 27.7. The van der Waals surface area contributed by atoms with Crippen LogP contribution in [-0.2, 0) is 13.9 Å². The molecule has 0 aliphatic carbocycles. The van der Waals surface area contributed by atoms with Crippen LogP contribution in [-0.4, -0.2) is 39.6 Å². The van der Waals surface area contributed by atoms with E-state index < -0.39 is 20.0 Å². The Morgan fingerprint density at radius 3 is 2.00 bits per heavy atom. The molecule has 0 saturated heterocycles. The molecule has 9 heteroatoms. The Morgan fingerprint density at radius 2 is 1.51 bits per heavy atom. The number of nitrogens with two attached hydrogens (primary N) is 1. The second-order valence-electron chi connectivity index (χ2n) is 8.74. The van der Waals surface area contributed by atoms with Crippen molar-refractivity contribution < 1.29 is 28.8 Å². The summed E-state index contributed by atoms with van der Waals surface area (Å²) < 4.78 is 14.8. The van der Waals surface area contributed by atoms with Crippen LogP contribution in [0.15, 0.2) is 42.5 Å². The van der Waals surface area contributed by atoms with Crippen LogP contribution < -0.4 is 11.1 Å². The van der Waals surface area contributed by atoms with E-state index in [4.69, 9.17) is 15.5 Å². The van der Waals surface area contributed by atoms with Gasteiger partial charge in [-0.05, 0) is 25.0 Å². The highest BCUT2D eigenvalue weighted by Gasteiger charge is 2.19. The number of aliphatic hydroxyl groups excluding tert-OH is 1. The van der Waals surface area contributed by atoms with Crippen LogP contribution in [0.3, 0.4) is 0 Å². The Kier molecular flexibility index (Phi) is 20.8. The number of phosphoric acid groups is 1. The molecule has 6 N–H and O–H groups in total. The Morgan fingerprint density at radius 1 is 1.00 bits per heavy atom. The molecule has 1 rings (SSSR count). The minimum absolute atomic E-state index is 0.0359. The maximum atomic E-state index is 10.6. The van der Waals surface area contributed by atoms with Crippen molar-refractivity contribution in [2.45, 2.75) is 103 Å². The Balaban J connectivity index is 0.000000952. The maximum Gasteiger partial charge on any atom is 0.469 e. The van der Waals surface area contributed by atoms with Crippen LogP contribution in [0.4, 0.5) is 5.69 Å². The van der Waals surface area contributed by atoms with Gasteiger partial charge >= 0.3 is 7.82 Å². The zero-order valence-electron chi connectivity index (χ0n) is 21.5. The highest BCUT2D eigenvalue weighted by Crippen LogP contribution is 2.35. The largest absolute Gasteiger partial charge is 0.469 e.